The molecule has 1 aromatic heterocycles. The van der Waals surface area contributed by atoms with E-state index in [2.05, 4.69) is 15.5 Å². The molecule has 4 rings (SSSR count). The van der Waals surface area contributed by atoms with Crippen LogP contribution in [-0.2, 0) is 14.8 Å². The zero-order valence-corrected chi connectivity index (χ0v) is 19.6. The average molecular weight is 493 g/mol. The Morgan fingerprint density at radius 3 is 2.55 bits per heavy atom. The third-order valence-corrected chi connectivity index (χ3v) is 7.99. The number of benzene rings is 2. The topological polar surface area (TPSA) is 105 Å². The van der Waals surface area contributed by atoms with Crippen LogP contribution in [0.2, 0.25) is 5.02 Å². The highest BCUT2D eigenvalue weighted by molar-refractivity contribution is 7.89. The Kier molecular flexibility index (Phi) is 6.51. The van der Waals surface area contributed by atoms with Crippen LogP contribution in [-0.4, -0.2) is 41.9 Å². The van der Waals surface area contributed by atoms with Crippen molar-refractivity contribution in [2.45, 2.75) is 31.6 Å². The Morgan fingerprint density at radius 1 is 1.18 bits per heavy atom. The molecule has 0 spiro atoms. The molecule has 1 aliphatic rings. The van der Waals surface area contributed by atoms with Crippen LogP contribution in [0.5, 0.6) is 0 Å². The minimum Gasteiger partial charge on any atom is -0.339 e. The van der Waals surface area contributed by atoms with E-state index in [-0.39, 0.29) is 46.5 Å². The van der Waals surface area contributed by atoms with Crippen molar-refractivity contribution in [3.05, 3.63) is 58.7 Å². The number of rotatable bonds is 5. The van der Waals surface area contributed by atoms with Crippen LogP contribution in [0.1, 0.15) is 24.3 Å². The molecular formula is C22H22ClFN4O4S. The molecule has 2 heterocycles. The van der Waals surface area contributed by atoms with Gasteiger partial charge < -0.3 is 9.84 Å². The van der Waals surface area contributed by atoms with Gasteiger partial charge in [0, 0.05) is 37.2 Å². The van der Waals surface area contributed by atoms with Gasteiger partial charge in [0.2, 0.25) is 27.6 Å². The van der Waals surface area contributed by atoms with Crippen LogP contribution in [0.3, 0.4) is 0 Å². The summed E-state index contributed by atoms with van der Waals surface area (Å²) in [6.45, 7) is 3.69. The highest BCUT2D eigenvalue weighted by atomic mass is 35.5. The zero-order valence-electron chi connectivity index (χ0n) is 18.0. The number of hydrogen-bond donors (Lipinski definition) is 1. The lowest BCUT2D eigenvalue weighted by atomic mass is 9.97. The Hall–Kier alpha value is -2.82. The third kappa shape index (κ3) is 4.92. The maximum absolute atomic E-state index is 13.3. The summed E-state index contributed by atoms with van der Waals surface area (Å²) in [7, 11) is -3.89. The van der Waals surface area contributed by atoms with Gasteiger partial charge in [-0.25, -0.2) is 12.8 Å². The molecule has 1 aliphatic heterocycles. The van der Waals surface area contributed by atoms with E-state index >= 15 is 0 Å². The fourth-order valence-corrected chi connectivity index (χ4v) is 5.73. The molecule has 1 amide bonds. The van der Waals surface area contributed by atoms with Gasteiger partial charge in [0.15, 0.2) is 0 Å². The molecule has 11 heteroatoms. The lowest BCUT2D eigenvalue weighted by Gasteiger charge is -2.31. The second-order valence-corrected chi connectivity index (χ2v) is 10.2. The Balaban J connectivity index is 1.46. The van der Waals surface area contributed by atoms with Crippen molar-refractivity contribution >= 4 is 33.2 Å². The second-order valence-electron chi connectivity index (χ2n) is 7.91. The predicted octanol–water partition coefficient (Wildman–Crippen LogP) is 4.19. The molecule has 0 saturated carbocycles. The van der Waals surface area contributed by atoms with Crippen molar-refractivity contribution in [1.82, 2.24) is 14.4 Å². The molecule has 174 valence electrons. The molecule has 3 aromatic rings. The molecule has 1 saturated heterocycles. The molecule has 8 nitrogen and oxygen atoms in total. The van der Waals surface area contributed by atoms with Crippen LogP contribution in [0.4, 0.5) is 10.1 Å². The largest absolute Gasteiger partial charge is 0.339 e. The Morgan fingerprint density at radius 2 is 1.91 bits per heavy atom. The van der Waals surface area contributed by atoms with Crippen molar-refractivity contribution in [1.29, 1.82) is 0 Å². The molecule has 1 fully saturated rings. The zero-order chi connectivity index (χ0) is 23.8. The highest BCUT2D eigenvalue weighted by Crippen LogP contribution is 2.32. The molecule has 33 heavy (non-hydrogen) atoms. The molecule has 0 bridgehead atoms. The summed E-state index contributed by atoms with van der Waals surface area (Å²) in [6, 6.07) is 8.69. The van der Waals surface area contributed by atoms with Crippen LogP contribution in [0.15, 0.2) is 45.8 Å². The van der Waals surface area contributed by atoms with Crippen LogP contribution in [0.25, 0.3) is 11.4 Å². The van der Waals surface area contributed by atoms with Gasteiger partial charge in [0.1, 0.15) is 10.7 Å². The Labute approximate surface area is 195 Å². The van der Waals surface area contributed by atoms with Crippen molar-refractivity contribution in [2.75, 3.05) is 18.4 Å². The SMILES string of the molecule is Cc1nc(-c2ccc(Cl)c(S(=O)(=O)N3CCC(C(=O)Nc4ccc(F)cc4C)CC3)c2)no1. The van der Waals surface area contributed by atoms with E-state index in [1.165, 1.54) is 34.6 Å². The highest BCUT2D eigenvalue weighted by Gasteiger charge is 2.33. The molecule has 0 aliphatic carbocycles. The van der Waals surface area contributed by atoms with Crippen molar-refractivity contribution in [2.24, 2.45) is 5.92 Å². The van der Waals surface area contributed by atoms with Gasteiger partial charge in [-0.3, -0.25) is 4.79 Å². The van der Waals surface area contributed by atoms with E-state index < -0.39 is 10.0 Å². The minimum atomic E-state index is -3.89. The number of aryl methyl sites for hydroxylation is 2. The molecule has 1 N–H and O–H groups in total. The maximum atomic E-state index is 13.3. The van der Waals surface area contributed by atoms with Gasteiger partial charge in [0.25, 0.3) is 0 Å². The Bertz CT molecular complexity index is 1300. The number of hydrogen-bond acceptors (Lipinski definition) is 6. The molecular weight excluding hydrogens is 471 g/mol. The maximum Gasteiger partial charge on any atom is 0.244 e. The van der Waals surface area contributed by atoms with Crippen LogP contribution < -0.4 is 5.32 Å². The van der Waals surface area contributed by atoms with Gasteiger partial charge in [-0.15, -0.1) is 0 Å². The van der Waals surface area contributed by atoms with Crippen molar-refractivity contribution in [3.8, 4) is 11.4 Å². The summed E-state index contributed by atoms with van der Waals surface area (Å²) in [5.41, 5.74) is 1.63. The van der Waals surface area contributed by atoms with Crippen LogP contribution in [0, 0.1) is 25.6 Å². The number of carbonyl (C=O) groups excluding carboxylic acids is 1. The van der Waals surface area contributed by atoms with E-state index in [1.807, 2.05) is 0 Å². The fourth-order valence-electron chi connectivity index (χ4n) is 3.76. The molecule has 2 aromatic carbocycles. The molecule has 0 atom stereocenters. The minimum absolute atomic E-state index is 0.0473. The van der Waals surface area contributed by atoms with Gasteiger partial charge in [-0.05, 0) is 61.7 Å². The number of piperidine rings is 1. The predicted molar refractivity (Wildman–Crippen MR) is 121 cm³/mol. The third-order valence-electron chi connectivity index (χ3n) is 5.61. The molecule has 0 unspecified atom stereocenters. The van der Waals surface area contributed by atoms with E-state index in [1.54, 1.807) is 19.9 Å². The first-order chi connectivity index (χ1) is 15.6. The van der Waals surface area contributed by atoms with E-state index in [9.17, 15) is 17.6 Å². The number of halogens is 2. The number of carbonyl (C=O) groups is 1. The van der Waals surface area contributed by atoms with E-state index in [0.717, 1.165) is 0 Å². The van der Waals surface area contributed by atoms with E-state index in [0.29, 0.717) is 35.5 Å². The summed E-state index contributed by atoms with van der Waals surface area (Å²) in [5.74, 6) is -0.312. The van der Waals surface area contributed by atoms with Crippen LogP contribution >= 0.6 is 11.6 Å². The monoisotopic (exact) mass is 492 g/mol. The first-order valence-electron chi connectivity index (χ1n) is 10.3. The fraction of sp³-hybridized carbons (Fsp3) is 0.318. The number of aromatic nitrogens is 2. The normalized spacial score (nSPS) is 15.5. The quantitative estimate of drug-likeness (QED) is 0.572. The summed E-state index contributed by atoms with van der Waals surface area (Å²) < 4.78 is 46.1. The lowest BCUT2D eigenvalue weighted by Crippen LogP contribution is -2.41. The number of nitrogens with zero attached hydrogens (tertiary/aromatic N) is 3. The van der Waals surface area contributed by atoms with Gasteiger partial charge in [-0.1, -0.05) is 16.8 Å². The number of amides is 1. The summed E-state index contributed by atoms with van der Waals surface area (Å²) in [4.78, 5) is 16.8. The second kappa shape index (κ2) is 9.20. The molecule has 0 radical (unpaired) electrons. The van der Waals surface area contributed by atoms with Gasteiger partial charge >= 0.3 is 0 Å². The summed E-state index contributed by atoms with van der Waals surface area (Å²) in [5, 5.41) is 6.72. The first kappa shape index (κ1) is 23.3. The number of anilines is 1. The van der Waals surface area contributed by atoms with E-state index in [4.69, 9.17) is 16.1 Å². The summed E-state index contributed by atoms with van der Waals surface area (Å²) in [6.07, 6.45) is 0.708. The van der Waals surface area contributed by atoms with Crippen molar-refractivity contribution < 1.29 is 22.1 Å². The van der Waals surface area contributed by atoms with Gasteiger partial charge in [-0.2, -0.15) is 9.29 Å². The van der Waals surface area contributed by atoms with Gasteiger partial charge in [0.05, 0.1) is 5.02 Å². The van der Waals surface area contributed by atoms with Crippen molar-refractivity contribution in [3.63, 3.8) is 0 Å². The smallest absolute Gasteiger partial charge is 0.244 e. The first-order valence-corrected chi connectivity index (χ1v) is 12.1. The lowest BCUT2D eigenvalue weighted by molar-refractivity contribution is -0.120. The average Bonchev–Trinajstić information content (AvgIpc) is 3.22. The number of sulfonamides is 1. The summed E-state index contributed by atoms with van der Waals surface area (Å²) >= 11 is 6.23. The number of nitrogens with one attached hydrogen (secondary N) is 1. The standard InChI is InChI=1S/C22H22ClFN4O4S/c1-13-11-17(24)4-6-19(13)26-22(29)15-7-9-28(10-8-15)33(30,31)20-12-16(3-5-18(20)23)21-25-14(2)32-27-21/h3-6,11-12,15H,7-10H2,1-2H3,(H,26,29).